The highest BCUT2D eigenvalue weighted by Gasteiger charge is 2.13. The Labute approximate surface area is 130 Å². The Bertz CT molecular complexity index is 862. The van der Waals surface area contributed by atoms with E-state index in [1.807, 2.05) is 37.5 Å². The number of imidazole rings is 1. The van der Waals surface area contributed by atoms with Gasteiger partial charge in [-0.1, -0.05) is 18.2 Å². The second-order valence-corrected chi connectivity index (χ2v) is 5.50. The summed E-state index contributed by atoms with van der Waals surface area (Å²) in [5.41, 5.74) is 6.37. The lowest BCUT2D eigenvalue weighted by molar-refractivity contribution is 1.03. The van der Waals surface area contributed by atoms with Crippen molar-refractivity contribution in [3.05, 3.63) is 71.0 Å². The first-order valence-corrected chi connectivity index (χ1v) is 7.23. The average Bonchev–Trinajstić information content (AvgIpc) is 2.96. The monoisotopic (exact) mass is 287 g/mol. The molecule has 0 aliphatic heterocycles. The minimum atomic E-state index is 0.673. The molecule has 0 N–H and O–H groups in total. The molecule has 0 fully saturated rings. The maximum atomic E-state index is 9.02. The number of aromatic nitrogens is 2. The lowest BCUT2D eigenvalue weighted by Crippen LogP contribution is -2.02. The van der Waals surface area contributed by atoms with Crippen LogP contribution in [0, 0.1) is 32.1 Å². The Hall–Kier alpha value is -2.86. The highest BCUT2D eigenvalue weighted by molar-refractivity contribution is 5.65. The second kappa shape index (κ2) is 5.50. The number of benzene rings is 2. The average molecular weight is 287 g/mol. The number of hydrogen-bond donors (Lipinski definition) is 0. The zero-order valence-electron chi connectivity index (χ0n) is 13.0. The van der Waals surface area contributed by atoms with E-state index in [0.717, 1.165) is 17.0 Å². The Morgan fingerprint density at radius 3 is 2.36 bits per heavy atom. The third kappa shape index (κ3) is 2.29. The zero-order valence-corrected chi connectivity index (χ0v) is 13.0. The molecule has 3 aromatic rings. The Morgan fingerprint density at radius 2 is 1.73 bits per heavy atom. The smallest absolute Gasteiger partial charge is 0.144 e. The molecule has 0 atom stereocenters. The summed E-state index contributed by atoms with van der Waals surface area (Å²) >= 11 is 0. The Kier molecular flexibility index (Phi) is 3.52. The Morgan fingerprint density at radius 1 is 1.00 bits per heavy atom. The Balaban J connectivity index is 2.21. The van der Waals surface area contributed by atoms with E-state index >= 15 is 0 Å². The van der Waals surface area contributed by atoms with Gasteiger partial charge in [-0.2, -0.15) is 5.26 Å². The normalized spacial score (nSPS) is 10.5. The topological polar surface area (TPSA) is 41.6 Å². The van der Waals surface area contributed by atoms with Gasteiger partial charge >= 0.3 is 0 Å². The molecule has 22 heavy (non-hydrogen) atoms. The number of aryl methyl sites for hydroxylation is 3. The van der Waals surface area contributed by atoms with E-state index in [1.165, 1.54) is 16.8 Å². The fraction of sp³-hybridized carbons (Fsp3) is 0.158. The lowest BCUT2D eigenvalue weighted by Gasteiger charge is -2.15. The molecule has 0 amide bonds. The molecule has 1 aromatic heterocycles. The molecule has 3 heteroatoms. The van der Waals surface area contributed by atoms with Crippen LogP contribution < -0.4 is 0 Å². The van der Waals surface area contributed by atoms with E-state index in [2.05, 4.69) is 47.7 Å². The molecular formula is C19H17N3. The summed E-state index contributed by atoms with van der Waals surface area (Å²) in [6.45, 7) is 6.23. The van der Waals surface area contributed by atoms with Gasteiger partial charge < -0.3 is 0 Å². The molecule has 108 valence electrons. The number of rotatable bonds is 2. The zero-order chi connectivity index (χ0) is 15.7. The largest absolute Gasteiger partial charge is 0.299 e. The van der Waals surface area contributed by atoms with E-state index in [4.69, 9.17) is 5.26 Å². The molecule has 3 rings (SSSR count). The van der Waals surface area contributed by atoms with Gasteiger partial charge in [0.2, 0.25) is 0 Å². The van der Waals surface area contributed by atoms with Crippen LogP contribution in [0.2, 0.25) is 0 Å². The summed E-state index contributed by atoms with van der Waals surface area (Å²) in [6, 6.07) is 14.2. The van der Waals surface area contributed by atoms with Crippen LogP contribution in [0.1, 0.15) is 22.3 Å². The molecule has 2 aromatic carbocycles. The predicted molar refractivity (Wildman–Crippen MR) is 87.9 cm³/mol. The van der Waals surface area contributed by atoms with Gasteiger partial charge in [-0.05, 0) is 55.7 Å². The molecule has 0 aliphatic rings. The van der Waals surface area contributed by atoms with E-state index in [-0.39, 0.29) is 0 Å². The van der Waals surface area contributed by atoms with Crippen LogP contribution in [0.25, 0.3) is 17.1 Å². The standard InChI is InChI=1S/C19H17N3/c1-13-5-4-6-14(2)18(13)22-10-9-21-19(22)17-8-7-16(12-20)11-15(17)3/h4-11H,1-3H3. The maximum absolute atomic E-state index is 9.02. The summed E-state index contributed by atoms with van der Waals surface area (Å²) in [5, 5.41) is 9.02. The van der Waals surface area contributed by atoms with Gasteiger partial charge in [-0.25, -0.2) is 4.98 Å². The van der Waals surface area contributed by atoms with Crippen molar-refractivity contribution < 1.29 is 0 Å². The van der Waals surface area contributed by atoms with Gasteiger partial charge in [-0.3, -0.25) is 4.57 Å². The minimum absolute atomic E-state index is 0.673. The summed E-state index contributed by atoms with van der Waals surface area (Å²) in [7, 11) is 0. The fourth-order valence-corrected chi connectivity index (χ4v) is 2.85. The number of para-hydroxylation sites is 1. The molecule has 0 saturated heterocycles. The summed E-state index contributed by atoms with van der Waals surface area (Å²) in [6.07, 6.45) is 3.81. The van der Waals surface area contributed by atoms with Crippen molar-refractivity contribution in [1.29, 1.82) is 5.26 Å². The van der Waals surface area contributed by atoms with Gasteiger partial charge in [0.05, 0.1) is 17.3 Å². The number of nitrogens with zero attached hydrogens (tertiary/aromatic N) is 3. The molecule has 0 saturated carbocycles. The van der Waals surface area contributed by atoms with Crippen LogP contribution >= 0.6 is 0 Å². The van der Waals surface area contributed by atoms with Crippen molar-refractivity contribution in [2.24, 2.45) is 0 Å². The first-order valence-electron chi connectivity index (χ1n) is 7.23. The van der Waals surface area contributed by atoms with Crippen molar-refractivity contribution in [3.8, 4) is 23.1 Å². The van der Waals surface area contributed by atoms with Crippen molar-refractivity contribution >= 4 is 0 Å². The predicted octanol–water partition coefficient (Wildman–Crippen LogP) is 4.34. The molecule has 0 spiro atoms. The van der Waals surface area contributed by atoms with E-state index in [9.17, 15) is 0 Å². The number of nitriles is 1. The van der Waals surface area contributed by atoms with E-state index < -0.39 is 0 Å². The molecule has 0 aliphatic carbocycles. The summed E-state index contributed by atoms with van der Waals surface area (Å²) in [4.78, 5) is 4.54. The van der Waals surface area contributed by atoms with Gasteiger partial charge in [-0.15, -0.1) is 0 Å². The van der Waals surface area contributed by atoms with Gasteiger partial charge in [0.1, 0.15) is 5.82 Å². The van der Waals surface area contributed by atoms with Crippen LogP contribution in [0.15, 0.2) is 48.8 Å². The first-order chi connectivity index (χ1) is 10.6. The quantitative estimate of drug-likeness (QED) is 0.703. The maximum Gasteiger partial charge on any atom is 0.144 e. The second-order valence-electron chi connectivity index (χ2n) is 5.50. The van der Waals surface area contributed by atoms with E-state index in [1.54, 1.807) is 0 Å². The van der Waals surface area contributed by atoms with Crippen molar-refractivity contribution in [3.63, 3.8) is 0 Å². The highest BCUT2D eigenvalue weighted by Crippen LogP contribution is 2.28. The van der Waals surface area contributed by atoms with Crippen LogP contribution in [-0.4, -0.2) is 9.55 Å². The molecule has 3 nitrogen and oxygen atoms in total. The highest BCUT2D eigenvalue weighted by atomic mass is 15.1. The molecule has 0 bridgehead atoms. The lowest BCUT2D eigenvalue weighted by atomic mass is 10.0. The number of hydrogen-bond acceptors (Lipinski definition) is 2. The van der Waals surface area contributed by atoms with Crippen molar-refractivity contribution in [2.45, 2.75) is 20.8 Å². The van der Waals surface area contributed by atoms with Crippen LogP contribution in [-0.2, 0) is 0 Å². The molecular weight excluding hydrogens is 270 g/mol. The van der Waals surface area contributed by atoms with Gasteiger partial charge in [0.15, 0.2) is 0 Å². The van der Waals surface area contributed by atoms with Crippen LogP contribution in [0.5, 0.6) is 0 Å². The molecule has 1 heterocycles. The first kappa shape index (κ1) is 14.1. The third-order valence-corrected chi connectivity index (χ3v) is 3.92. The van der Waals surface area contributed by atoms with E-state index in [0.29, 0.717) is 5.56 Å². The van der Waals surface area contributed by atoms with Gasteiger partial charge in [0, 0.05) is 18.0 Å². The minimum Gasteiger partial charge on any atom is -0.299 e. The van der Waals surface area contributed by atoms with Crippen LogP contribution in [0.3, 0.4) is 0 Å². The molecule has 0 unspecified atom stereocenters. The molecule has 0 radical (unpaired) electrons. The summed E-state index contributed by atoms with van der Waals surface area (Å²) in [5.74, 6) is 0.902. The SMILES string of the molecule is Cc1cc(C#N)ccc1-c1nccn1-c1c(C)cccc1C. The van der Waals surface area contributed by atoms with Gasteiger partial charge in [0.25, 0.3) is 0 Å². The van der Waals surface area contributed by atoms with Crippen molar-refractivity contribution in [1.82, 2.24) is 9.55 Å². The van der Waals surface area contributed by atoms with Crippen LogP contribution in [0.4, 0.5) is 0 Å². The summed E-state index contributed by atoms with van der Waals surface area (Å²) < 4.78 is 2.12. The third-order valence-electron chi connectivity index (χ3n) is 3.92. The van der Waals surface area contributed by atoms with Crippen molar-refractivity contribution in [2.75, 3.05) is 0 Å². The fourth-order valence-electron chi connectivity index (χ4n) is 2.85.